The molecule has 0 saturated heterocycles. The molecule has 4 aromatic rings. The van der Waals surface area contributed by atoms with E-state index in [2.05, 4.69) is 19.1 Å². The van der Waals surface area contributed by atoms with Crippen LogP contribution in [0.4, 0.5) is 0 Å². The second-order valence-electron chi connectivity index (χ2n) is 7.42. The van der Waals surface area contributed by atoms with Gasteiger partial charge < -0.3 is 14.8 Å². The lowest BCUT2D eigenvalue weighted by molar-refractivity contribution is -0.143. The van der Waals surface area contributed by atoms with Gasteiger partial charge in [-0.1, -0.05) is 24.3 Å². The molecule has 0 aliphatic rings. The van der Waals surface area contributed by atoms with E-state index in [1.54, 1.807) is 10.6 Å². The van der Waals surface area contributed by atoms with E-state index in [-0.39, 0.29) is 12.2 Å². The van der Waals surface area contributed by atoms with Crippen molar-refractivity contribution in [3.05, 3.63) is 70.3 Å². The number of aryl methyl sites for hydroxylation is 2. The summed E-state index contributed by atoms with van der Waals surface area (Å²) in [5.41, 5.74) is 4.39. The first kappa shape index (κ1) is 19.0. The number of imidazole rings is 1. The van der Waals surface area contributed by atoms with Gasteiger partial charge in [0, 0.05) is 30.7 Å². The molecule has 0 spiro atoms. The van der Waals surface area contributed by atoms with Crippen LogP contribution in [0.15, 0.2) is 53.5 Å². The summed E-state index contributed by atoms with van der Waals surface area (Å²) in [6.45, 7) is 1.83. The normalized spacial score (nSPS) is 12.7. The van der Waals surface area contributed by atoms with E-state index in [4.69, 9.17) is 0 Å². The molecule has 0 saturated carbocycles. The van der Waals surface area contributed by atoms with Crippen LogP contribution in [0.25, 0.3) is 21.9 Å². The van der Waals surface area contributed by atoms with Crippen molar-refractivity contribution in [1.29, 1.82) is 0 Å². The number of aliphatic hydroxyl groups excluding tert-OH is 1. The maximum Gasteiger partial charge on any atom is 0.329 e. The zero-order valence-corrected chi connectivity index (χ0v) is 16.4. The first-order chi connectivity index (χ1) is 13.9. The number of aliphatic hydroxyl groups is 1. The third-order valence-corrected chi connectivity index (χ3v) is 5.53. The summed E-state index contributed by atoms with van der Waals surface area (Å²) in [7, 11) is 1.98. The number of carbonyl (C=O) groups is 1. The predicted octanol–water partition coefficient (Wildman–Crippen LogP) is 2.34. The number of benzene rings is 2. The highest BCUT2D eigenvalue weighted by atomic mass is 16.4. The number of fused-ring (bicyclic) bond motifs is 2. The molecule has 7 nitrogen and oxygen atoms in total. The van der Waals surface area contributed by atoms with E-state index in [1.807, 2.05) is 42.1 Å². The van der Waals surface area contributed by atoms with Gasteiger partial charge in [-0.15, -0.1) is 0 Å². The molecule has 2 heterocycles. The zero-order valence-electron chi connectivity index (χ0n) is 16.4. The van der Waals surface area contributed by atoms with Crippen LogP contribution in [-0.2, 0) is 24.9 Å². The molecule has 2 aromatic carbocycles. The van der Waals surface area contributed by atoms with E-state index < -0.39 is 18.5 Å². The van der Waals surface area contributed by atoms with E-state index in [9.17, 15) is 19.8 Å². The first-order valence-corrected chi connectivity index (χ1v) is 9.47. The van der Waals surface area contributed by atoms with Crippen LogP contribution in [0.1, 0.15) is 11.1 Å². The molecule has 2 N–H and O–H groups in total. The second-order valence-corrected chi connectivity index (χ2v) is 7.42. The molecule has 29 heavy (non-hydrogen) atoms. The molecule has 2 aromatic heterocycles. The summed E-state index contributed by atoms with van der Waals surface area (Å²) < 4.78 is 5.17. The molecule has 0 fully saturated rings. The number of aromatic nitrogens is 3. The highest BCUT2D eigenvalue weighted by molar-refractivity contribution is 5.87. The lowest BCUT2D eigenvalue weighted by atomic mass is 10.1. The molecule has 0 bridgehead atoms. The van der Waals surface area contributed by atoms with Crippen molar-refractivity contribution in [2.75, 3.05) is 6.61 Å². The van der Waals surface area contributed by atoms with Gasteiger partial charge in [-0.2, -0.15) is 0 Å². The van der Waals surface area contributed by atoms with Crippen molar-refractivity contribution in [3.63, 3.8) is 0 Å². The summed E-state index contributed by atoms with van der Waals surface area (Å²) >= 11 is 0. The van der Waals surface area contributed by atoms with Crippen molar-refractivity contribution in [3.8, 4) is 0 Å². The van der Waals surface area contributed by atoms with Gasteiger partial charge in [0.25, 0.3) is 0 Å². The molecular weight excluding hydrogens is 370 g/mol. The molecule has 1 unspecified atom stereocenters. The Labute approximate surface area is 167 Å². The lowest BCUT2D eigenvalue weighted by Gasteiger charge is -2.09. The van der Waals surface area contributed by atoms with Crippen LogP contribution in [-0.4, -0.2) is 36.5 Å². The number of carboxylic acids is 1. The Morgan fingerprint density at radius 3 is 2.34 bits per heavy atom. The fraction of sp³-hybridized carbons (Fsp3) is 0.273. The highest BCUT2D eigenvalue weighted by Crippen LogP contribution is 2.26. The smallest absolute Gasteiger partial charge is 0.329 e. The van der Waals surface area contributed by atoms with Crippen LogP contribution in [0.2, 0.25) is 0 Å². The number of para-hydroxylation sites is 2. The Kier molecular flexibility index (Phi) is 4.76. The molecule has 7 heteroatoms. The van der Waals surface area contributed by atoms with E-state index in [0.29, 0.717) is 12.1 Å². The lowest BCUT2D eigenvalue weighted by Crippen LogP contribution is -2.31. The largest absolute Gasteiger partial charge is 0.481 e. The monoisotopic (exact) mass is 393 g/mol. The first-order valence-electron chi connectivity index (χ1n) is 9.47. The highest BCUT2D eigenvalue weighted by Gasteiger charge is 2.22. The van der Waals surface area contributed by atoms with E-state index in [0.717, 1.165) is 27.5 Å². The SMILES string of the molecule is Cc1cccc2c1c(Cn1c(=O)n(CC(CO)C(=O)O)c3ccccc31)cn2C. The van der Waals surface area contributed by atoms with Gasteiger partial charge in [0.2, 0.25) is 0 Å². The van der Waals surface area contributed by atoms with Gasteiger partial charge >= 0.3 is 11.7 Å². The van der Waals surface area contributed by atoms with Gasteiger partial charge in [0.1, 0.15) is 0 Å². The number of carboxylic acid groups (broad SMARTS) is 1. The number of rotatable bonds is 6. The maximum atomic E-state index is 13.2. The van der Waals surface area contributed by atoms with Gasteiger partial charge in [0.15, 0.2) is 0 Å². The maximum absolute atomic E-state index is 13.2. The van der Waals surface area contributed by atoms with Crippen molar-refractivity contribution in [2.24, 2.45) is 13.0 Å². The Balaban J connectivity index is 1.87. The standard InChI is InChI=1S/C22H23N3O4/c1-14-6-5-9-19-20(14)15(10-23(19)2)11-24-17-7-3-4-8-18(17)25(22(24)29)12-16(13-26)21(27)28/h3-10,16,26H,11-13H2,1-2H3,(H,27,28). The molecule has 1 atom stereocenters. The fourth-order valence-electron chi connectivity index (χ4n) is 4.06. The average molecular weight is 393 g/mol. The van der Waals surface area contributed by atoms with E-state index in [1.165, 1.54) is 4.57 Å². The number of aliphatic carboxylic acids is 1. The summed E-state index contributed by atoms with van der Waals surface area (Å²) in [6.07, 6.45) is 2.03. The summed E-state index contributed by atoms with van der Waals surface area (Å²) in [4.78, 5) is 24.6. The van der Waals surface area contributed by atoms with Crippen LogP contribution < -0.4 is 5.69 Å². The third-order valence-electron chi connectivity index (χ3n) is 5.53. The predicted molar refractivity (Wildman–Crippen MR) is 111 cm³/mol. The Hall–Kier alpha value is -3.32. The van der Waals surface area contributed by atoms with Crippen LogP contribution in [0, 0.1) is 12.8 Å². The molecule has 0 radical (unpaired) electrons. The van der Waals surface area contributed by atoms with Crippen molar-refractivity contribution < 1.29 is 15.0 Å². The molecule has 4 rings (SSSR count). The van der Waals surface area contributed by atoms with E-state index >= 15 is 0 Å². The summed E-state index contributed by atoms with van der Waals surface area (Å²) in [5.74, 6) is -2.16. The zero-order chi connectivity index (χ0) is 20.7. The molecule has 0 amide bonds. The van der Waals surface area contributed by atoms with Gasteiger partial charge in [-0.25, -0.2) is 4.79 Å². The summed E-state index contributed by atoms with van der Waals surface area (Å²) in [5, 5.41) is 19.8. The van der Waals surface area contributed by atoms with Crippen LogP contribution in [0.3, 0.4) is 0 Å². The minimum atomic E-state index is -1.12. The molecule has 0 aliphatic carbocycles. The topological polar surface area (TPSA) is 89.4 Å². The Morgan fingerprint density at radius 2 is 1.69 bits per heavy atom. The van der Waals surface area contributed by atoms with Gasteiger partial charge in [-0.05, 0) is 36.2 Å². The van der Waals surface area contributed by atoms with Crippen molar-refractivity contribution in [1.82, 2.24) is 13.7 Å². The van der Waals surface area contributed by atoms with Gasteiger partial charge in [-0.3, -0.25) is 13.9 Å². The van der Waals surface area contributed by atoms with Crippen molar-refractivity contribution >= 4 is 27.9 Å². The molecule has 0 aliphatic heterocycles. The Bertz CT molecular complexity index is 1280. The van der Waals surface area contributed by atoms with Crippen molar-refractivity contribution in [2.45, 2.75) is 20.0 Å². The number of nitrogens with zero attached hydrogens (tertiary/aromatic N) is 3. The second kappa shape index (κ2) is 7.25. The molecular formula is C22H23N3O4. The fourth-order valence-corrected chi connectivity index (χ4v) is 4.06. The number of hydrogen-bond donors (Lipinski definition) is 2. The summed E-state index contributed by atoms with van der Waals surface area (Å²) in [6, 6.07) is 13.5. The average Bonchev–Trinajstić information content (AvgIpc) is 3.16. The van der Waals surface area contributed by atoms with Crippen LogP contribution in [0.5, 0.6) is 0 Å². The van der Waals surface area contributed by atoms with Crippen LogP contribution >= 0.6 is 0 Å². The minimum Gasteiger partial charge on any atom is -0.481 e. The Morgan fingerprint density at radius 1 is 1.03 bits per heavy atom. The quantitative estimate of drug-likeness (QED) is 0.526. The van der Waals surface area contributed by atoms with Gasteiger partial charge in [0.05, 0.1) is 30.1 Å². The number of hydrogen-bond acceptors (Lipinski definition) is 3. The minimum absolute atomic E-state index is 0.0766. The third kappa shape index (κ3) is 3.13. The molecule has 150 valence electrons.